The zero-order chi connectivity index (χ0) is 11.1. The second-order valence-electron chi connectivity index (χ2n) is 3.24. The van der Waals surface area contributed by atoms with E-state index in [0.717, 1.165) is 18.0 Å². The molecule has 0 spiro atoms. The van der Waals surface area contributed by atoms with Crippen LogP contribution < -0.4 is 5.32 Å². The monoisotopic (exact) mass is 227 g/mol. The lowest BCUT2D eigenvalue weighted by Crippen LogP contribution is -2.24. The van der Waals surface area contributed by atoms with E-state index in [1.54, 1.807) is 18.6 Å². The normalized spacial score (nSPS) is 14.8. The average Bonchev–Trinajstić information content (AvgIpc) is 2.29. The summed E-state index contributed by atoms with van der Waals surface area (Å²) < 4.78 is 11.2. The summed E-state index contributed by atoms with van der Waals surface area (Å²) in [6.45, 7) is 4.71. The van der Waals surface area contributed by atoms with Crippen molar-refractivity contribution in [2.24, 2.45) is 0 Å². The maximum Gasteiger partial charge on any atom is 0.0753 e. The molecule has 4 nitrogen and oxygen atoms in total. The van der Waals surface area contributed by atoms with Gasteiger partial charge in [-0.15, -0.1) is 0 Å². The van der Waals surface area contributed by atoms with Crippen LogP contribution in [-0.4, -0.2) is 32.2 Å². The molecule has 2 unspecified atom stereocenters. The van der Waals surface area contributed by atoms with Crippen LogP contribution in [0.2, 0.25) is 0 Å². The van der Waals surface area contributed by atoms with E-state index in [1.807, 2.05) is 13.8 Å². The van der Waals surface area contributed by atoms with Gasteiger partial charge in [-0.25, -0.2) is 0 Å². The molecule has 84 valence electrons. The molecule has 15 heavy (non-hydrogen) atoms. The van der Waals surface area contributed by atoms with Crippen molar-refractivity contribution in [3.63, 3.8) is 0 Å². The highest BCUT2D eigenvalue weighted by molar-refractivity contribution is 7.84. The van der Waals surface area contributed by atoms with E-state index in [9.17, 15) is 4.21 Å². The number of hydrogen-bond acceptors (Lipinski definition) is 4. The maximum absolute atomic E-state index is 11.2. The topological polar surface area (TPSA) is 54.9 Å². The molecule has 2 atom stereocenters. The minimum atomic E-state index is -0.698. The van der Waals surface area contributed by atoms with Crippen molar-refractivity contribution in [3.05, 3.63) is 24.3 Å². The van der Waals surface area contributed by atoms with Gasteiger partial charge in [0.15, 0.2) is 0 Å². The molecule has 0 aromatic carbocycles. The fourth-order valence-corrected chi connectivity index (χ4v) is 1.81. The summed E-state index contributed by atoms with van der Waals surface area (Å²) >= 11 is 0. The first-order chi connectivity index (χ1) is 7.24. The average molecular weight is 227 g/mol. The van der Waals surface area contributed by atoms with Crippen molar-refractivity contribution >= 4 is 10.8 Å². The Morgan fingerprint density at radius 1 is 1.53 bits per heavy atom. The Kier molecular flexibility index (Phi) is 5.42. The molecule has 1 aromatic rings. The van der Waals surface area contributed by atoms with Crippen LogP contribution in [-0.2, 0) is 10.8 Å². The molecule has 0 saturated carbocycles. The summed E-state index contributed by atoms with van der Waals surface area (Å²) in [5.74, 6) is 1.42. The predicted molar refractivity (Wildman–Crippen MR) is 62.0 cm³/mol. The summed E-state index contributed by atoms with van der Waals surface area (Å²) in [5.41, 5.74) is 0.916. The first kappa shape index (κ1) is 12.3. The molecule has 0 bridgehead atoms. The van der Waals surface area contributed by atoms with Crippen LogP contribution in [0.25, 0.3) is 0 Å². The molecule has 0 amide bonds. The second-order valence-corrected chi connectivity index (χ2v) is 5.10. The lowest BCUT2D eigenvalue weighted by Gasteiger charge is -2.11. The van der Waals surface area contributed by atoms with Gasteiger partial charge in [0.05, 0.1) is 5.69 Å². The van der Waals surface area contributed by atoms with Gasteiger partial charge in [0.25, 0.3) is 0 Å². The van der Waals surface area contributed by atoms with Crippen LogP contribution in [0.15, 0.2) is 18.6 Å². The first-order valence-corrected chi connectivity index (χ1v) is 6.57. The van der Waals surface area contributed by atoms with Crippen LogP contribution in [0.1, 0.15) is 25.6 Å². The van der Waals surface area contributed by atoms with Gasteiger partial charge in [0.2, 0.25) is 0 Å². The number of aromatic nitrogens is 2. The number of nitrogens with zero attached hydrogens (tertiary/aromatic N) is 2. The van der Waals surface area contributed by atoms with Crippen molar-refractivity contribution in [3.8, 4) is 0 Å². The fourth-order valence-electron chi connectivity index (χ4n) is 1.17. The smallest absolute Gasteiger partial charge is 0.0753 e. The lowest BCUT2D eigenvalue weighted by atomic mass is 10.2. The van der Waals surface area contributed by atoms with E-state index in [4.69, 9.17) is 0 Å². The van der Waals surface area contributed by atoms with Gasteiger partial charge in [-0.05, 0) is 6.92 Å². The van der Waals surface area contributed by atoms with E-state index in [-0.39, 0.29) is 6.04 Å². The summed E-state index contributed by atoms with van der Waals surface area (Å²) in [5, 5.41) is 3.27. The Balaban J connectivity index is 2.31. The SMILES string of the molecule is CCS(=O)CCNC(C)c1cnccn1. The van der Waals surface area contributed by atoms with Crippen molar-refractivity contribution in [1.29, 1.82) is 0 Å². The third-order valence-electron chi connectivity index (χ3n) is 2.13. The highest BCUT2D eigenvalue weighted by atomic mass is 32.2. The van der Waals surface area contributed by atoms with Crippen molar-refractivity contribution in [1.82, 2.24) is 15.3 Å². The van der Waals surface area contributed by atoms with Crippen molar-refractivity contribution in [2.45, 2.75) is 19.9 Å². The predicted octanol–water partition coefficient (Wildman–Crippen LogP) is 0.896. The zero-order valence-corrected chi connectivity index (χ0v) is 9.96. The van der Waals surface area contributed by atoms with Gasteiger partial charge in [-0.1, -0.05) is 6.92 Å². The molecule has 0 saturated heterocycles. The van der Waals surface area contributed by atoms with Crippen molar-refractivity contribution in [2.75, 3.05) is 18.1 Å². The molecule has 0 aliphatic rings. The summed E-state index contributed by atoms with van der Waals surface area (Å²) in [4.78, 5) is 8.20. The van der Waals surface area contributed by atoms with E-state index in [1.165, 1.54) is 0 Å². The molecule has 1 aromatic heterocycles. The van der Waals surface area contributed by atoms with Gasteiger partial charge >= 0.3 is 0 Å². The first-order valence-electron chi connectivity index (χ1n) is 5.08. The number of rotatable bonds is 6. The quantitative estimate of drug-likeness (QED) is 0.784. The van der Waals surface area contributed by atoms with Crippen LogP contribution in [0.4, 0.5) is 0 Å². The van der Waals surface area contributed by atoms with Gasteiger partial charge in [-0.2, -0.15) is 0 Å². The second kappa shape index (κ2) is 6.63. The van der Waals surface area contributed by atoms with Gasteiger partial charge < -0.3 is 5.32 Å². The molecule has 0 aliphatic carbocycles. The molecular weight excluding hydrogens is 210 g/mol. The van der Waals surface area contributed by atoms with Crippen LogP contribution >= 0.6 is 0 Å². The third-order valence-corrected chi connectivity index (χ3v) is 3.43. The van der Waals surface area contributed by atoms with Crippen molar-refractivity contribution < 1.29 is 4.21 Å². The molecule has 1 heterocycles. The van der Waals surface area contributed by atoms with E-state index >= 15 is 0 Å². The summed E-state index contributed by atoms with van der Waals surface area (Å²) in [6.07, 6.45) is 5.08. The highest BCUT2D eigenvalue weighted by Crippen LogP contribution is 2.05. The van der Waals surface area contributed by atoms with Crippen LogP contribution in [0.5, 0.6) is 0 Å². The van der Waals surface area contributed by atoms with E-state index in [0.29, 0.717) is 5.75 Å². The zero-order valence-electron chi connectivity index (χ0n) is 9.14. The molecule has 0 radical (unpaired) electrons. The minimum absolute atomic E-state index is 0.160. The molecule has 0 aliphatic heterocycles. The van der Waals surface area contributed by atoms with Gasteiger partial charge in [0, 0.05) is 53.5 Å². The summed E-state index contributed by atoms with van der Waals surface area (Å²) in [7, 11) is -0.698. The number of hydrogen-bond donors (Lipinski definition) is 1. The minimum Gasteiger partial charge on any atom is -0.308 e. The highest BCUT2D eigenvalue weighted by Gasteiger charge is 2.05. The molecule has 0 fully saturated rings. The maximum atomic E-state index is 11.2. The fraction of sp³-hybridized carbons (Fsp3) is 0.600. The van der Waals surface area contributed by atoms with Crippen LogP contribution in [0.3, 0.4) is 0 Å². The Labute approximate surface area is 93.0 Å². The van der Waals surface area contributed by atoms with Gasteiger partial charge in [-0.3, -0.25) is 14.2 Å². The molecule has 1 rings (SSSR count). The molecular formula is C10H17N3OS. The van der Waals surface area contributed by atoms with E-state index in [2.05, 4.69) is 15.3 Å². The standard InChI is InChI=1S/C10H17N3OS/c1-3-15(14)7-6-12-9(2)10-8-11-4-5-13-10/h4-5,8-9,12H,3,6-7H2,1-2H3. The Morgan fingerprint density at radius 2 is 2.33 bits per heavy atom. The largest absolute Gasteiger partial charge is 0.308 e. The Hall–Kier alpha value is -0.810. The van der Waals surface area contributed by atoms with Crippen LogP contribution in [0, 0.1) is 0 Å². The third kappa shape index (κ3) is 4.48. The Bertz CT molecular complexity index is 305. The number of nitrogens with one attached hydrogen (secondary N) is 1. The summed E-state index contributed by atoms with van der Waals surface area (Å²) in [6, 6.07) is 0.160. The van der Waals surface area contributed by atoms with Gasteiger partial charge in [0.1, 0.15) is 0 Å². The lowest BCUT2D eigenvalue weighted by molar-refractivity contribution is 0.580. The Morgan fingerprint density at radius 3 is 2.93 bits per heavy atom. The van der Waals surface area contributed by atoms with E-state index < -0.39 is 10.8 Å². The molecule has 1 N–H and O–H groups in total. The molecule has 5 heteroatoms.